The zero-order chi connectivity index (χ0) is 18.0. The van der Waals surface area contributed by atoms with Crippen molar-refractivity contribution in [2.24, 2.45) is 0 Å². The Morgan fingerprint density at radius 3 is 2.80 bits per heavy atom. The van der Waals surface area contributed by atoms with Crippen molar-refractivity contribution in [1.29, 1.82) is 0 Å². The first-order valence-corrected chi connectivity index (χ1v) is 7.94. The lowest BCUT2D eigenvalue weighted by Gasteiger charge is -2.09. The second-order valence-electron chi connectivity index (χ2n) is 5.49. The Morgan fingerprint density at radius 1 is 1.32 bits per heavy atom. The van der Waals surface area contributed by atoms with Gasteiger partial charge in [-0.25, -0.2) is 4.79 Å². The Morgan fingerprint density at radius 2 is 2.08 bits per heavy atom. The largest absolute Gasteiger partial charge is 0.420 e. The van der Waals surface area contributed by atoms with Crippen LogP contribution in [0.5, 0.6) is 0 Å². The molecule has 2 heterocycles. The summed E-state index contributed by atoms with van der Waals surface area (Å²) >= 11 is 6.05. The number of aryl methyl sites for hydroxylation is 1. The fraction of sp³-hybridized carbons (Fsp3) is 0.167. The van der Waals surface area contributed by atoms with E-state index in [-0.39, 0.29) is 24.3 Å². The summed E-state index contributed by atoms with van der Waals surface area (Å²) in [6.07, 6.45) is 1.49. The van der Waals surface area contributed by atoms with Crippen LogP contribution in [0.4, 0.5) is 0 Å². The van der Waals surface area contributed by atoms with Crippen molar-refractivity contribution in [1.82, 2.24) is 10.3 Å². The van der Waals surface area contributed by atoms with E-state index in [2.05, 4.69) is 10.3 Å². The Kier molecular flexibility index (Phi) is 4.83. The SMILES string of the molecule is Cc1ncc(CO)c2cc(C(=O)NCc3ccccc3Cl)c(=O)oc12. The smallest absolute Gasteiger partial charge is 0.349 e. The number of nitrogens with one attached hydrogen (secondary N) is 1. The molecule has 6 nitrogen and oxygen atoms in total. The second kappa shape index (κ2) is 7.04. The normalized spacial score (nSPS) is 10.8. The number of rotatable bonds is 4. The third-order valence-corrected chi connectivity index (χ3v) is 4.22. The van der Waals surface area contributed by atoms with Crippen LogP contribution in [-0.2, 0) is 13.2 Å². The van der Waals surface area contributed by atoms with Gasteiger partial charge in [0.05, 0.1) is 12.3 Å². The minimum absolute atomic E-state index is 0.139. The molecule has 0 atom stereocenters. The number of nitrogens with zero attached hydrogens (tertiary/aromatic N) is 1. The molecule has 1 aromatic carbocycles. The second-order valence-corrected chi connectivity index (χ2v) is 5.90. The summed E-state index contributed by atoms with van der Waals surface area (Å²) < 4.78 is 5.25. The number of aliphatic hydroxyl groups excluding tert-OH is 1. The molecule has 128 valence electrons. The number of aliphatic hydroxyl groups is 1. The van der Waals surface area contributed by atoms with E-state index in [0.717, 1.165) is 5.56 Å². The van der Waals surface area contributed by atoms with Crippen molar-refractivity contribution in [3.8, 4) is 0 Å². The molecule has 0 aliphatic carbocycles. The molecule has 2 N–H and O–H groups in total. The molecular weight excluding hydrogens is 344 g/mol. The molecule has 0 spiro atoms. The number of amides is 1. The number of pyridine rings is 1. The summed E-state index contributed by atoms with van der Waals surface area (Å²) in [5.41, 5.74) is 1.08. The molecule has 0 aliphatic rings. The van der Waals surface area contributed by atoms with Crippen molar-refractivity contribution in [3.05, 3.63) is 74.4 Å². The van der Waals surface area contributed by atoms with Gasteiger partial charge in [-0.1, -0.05) is 29.8 Å². The van der Waals surface area contributed by atoms with E-state index in [9.17, 15) is 14.7 Å². The average molecular weight is 359 g/mol. The molecule has 7 heteroatoms. The number of hydrogen-bond donors (Lipinski definition) is 2. The van der Waals surface area contributed by atoms with Crippen molar-refractivity contribution >= 4 is 28.5 Å². The molecule has 0 fully saturated rings. The van der Waals surface area contributed by atoms with Gasteiger partial charge in [0.1, 0.15) is 5.56 Å². The summed E-state index contributed by atoms with van der Waals surface area (Å²) in [4.78, 5) is 28.6. The summed E-state index contributed by atoms with van der Waals surface area (Å²) in [7, 11) is 0. The Balaban J connectivity index is 1.95. The first-order chi connectivity index (χ1) is 12.0. The molecule has 0 unspecified atom stereocenters. The lowest BCUT2D eigenvalue weighted by Crippen LogP contribution is -2.28. The molecule has 3 aromatic rings. The van der Waals surface area contributed by atoms with Gasteiger partial charge in [0.2, 0.25) is 0 Å². The topological polar surface area (TPSA) is 92.4 Å². The number of hydrogen-bond acceptors (Lipinski definition) is 5. The molecule has 25 heavy (non-hydrogen) atoms. The van der Waals surface area contributed by atoms with Crippen LogP contribution >= 0.6 is 11.6 Å². The van der Waals surface area contributed by atoms with Crippen LogP contribution in [0, 0.1) is 6.92 Å². The molecular formula is C18H15ClN2O4. The van der Waals surface area contributed by atoms with E-state index in [1.165, 1.54) is 12.3 Å². The lowest BCUT2D eigenvalue weighted by atomic mass is 10.1. The molecule has 0 saturated carbocycles. The minimum Gasteiger partial charge on any atom is -0.420 e. The van der Waals surface area contributed by atoms with Crippen molar-refractivity contribution in [3.63, 3.8) is 0 Å². The maximum Gasteiger partial charge on any atom is 0.349 e. The average Bonchev–Trinajstić information content (AvgIpc) is 2.61. The maximum atomic E-state index is 12.4. The highest BCUT2D eigenvalue weighted by Crippen LogP contribution is 2.20. The van der Waals surface area contributed by atoms with Crippen LogP contribution in [0.3, 0.4) is 0 Å². The number of aromatic nitrogens is 1. The number of carbonyl (C=O) groups excluding carboxylic acids is 1. The van der Waals surface area contributed by atoms with Crippen LogP contribution in [0.15, 0.2) is 45.7 Å². The van der Waals surface area contributed by atoms with Gasteiger partial charge in [0.15, 0.2) is 5.58 Å². The van der Waals surface area contributed by atoms with Crippen LogP contribution in [0.2, 0.25) is 5.02 Å². The Hall–Kier alpha value is -2.70. The quantitative estimate of drug-likeness (QED) is 0.747. The molecule has 0 saturated heterocycles. The monoisotopic (exact) mass is 358 g/mol. The van der Waals surface area contributed by atoms with E-state index in [0.29, 0.717) is 21.7 Å². The summed E-state index contributed by atoms with van der Waals surface area (Å²) in [5, 5.41) is 13.1. The van der Waals surface area contributed by atoms with E-state index >= 15 is 0 Å². The van der Waals surface area contributed by atoms with Gasteiger partial charge in [-0.2, -0.15) is 0 Å². The lowest BCUT2D eigenvalue weighted by molar-refractivity contribution is 0.0947. The summed E-state index contributed by atoms with van der Waals surface area (Å²) in [6, 6.07) is 8.52. The zero-order valence-electron chi connectivity index (χ0n) is 13.4. The molecule has 1 amide bonds. The highest BCUT2D eigenvalue weighted by atomic mass is 35.5. The maximum absolute atomic E-state index is 12.4. The van der Waals surface area contributed by atoms with Crippen molar-refractivity contribution in [2.75, 3.05) is 0 Å². The highest BCUT2D eigenvalue weighted by Gasteiger charge is 2.17. The Labute approximate surface area is 148 Å². The van der Waals surface area contributed by atoms with Crippen LogP contribution < -0.4 is 10.9 Å². The van der Waals surface area contributed by atoms with Crippen LogP contribution in [0.25, 0.3) is 11.0 Å². The summed E-state index contributed by atoms with van der Waals surface area (Å²) in [5.74, 6) is -0.575. The zero-order valence-corrected chi connectivity index (χ0v) is 14.1. The Bertz CT molecular complexity index is 1010. The predicted octanol–water partition coefficient (Wildman–Crippen LogP) is 2.57. The summed E-state index contributed by atoms with van der Waals surface area (Å²) in [6.45, 7) is 1.58. The molecule has 2 aromatic heterocycles. The third kappa shape index (κ3) is 3.40. The van der Waals surface area contributed by atoms with Gasteiger partial charge in [0, 0.05) is 28.7 Å². The first kappa shape index (κ1) is 17.1. The van der Waals surface area contributed by atoms with Gasteiger partial charge in [-0.3, -0.25) is 9.78 Å². The van der Waals surface area contributed by atoms with E-state index in [4.69, 9.17) is 16.0 Å². The third-order valence-electron chi connectivity index (χ3n) is 3.85. The van der Waals surface area contributed by atoms with E-state index in [1.54, 1.807) is 31.2 Å². The van der Waals surface area contributed by atoms with Gasteiger partial charge >= 0.3 is 5.63 Å². The molecule has 0 radical (unpaired) electrons. The number of benzene rings is 1. The van der Waals surface area contributed by atoms with Crippen molar-refractivity contribution in [2.45, 2.75) is 20.1 Å². The fourth-order valence-corrected chi connectivity index (χ4v) is 2.68. The number of fused-ring (bicyclic) bond motifs is 1. The predicted molar refractivity (Wildman–Crippen MR) is 93.6 cm³/mol. The van der Waals surface area contributed by atoms with E-state index in [1.807, 2.05) is 0 Å². The first-order valence-electron chi connectivity index (χ1n) is 7.56. The standard InChI is InChI=1S/C18H15ClN2O4/c1-10-16-13(12(9-22)8-20-10)6-14(18(24)25-16)17(23)21-7-11-4-2-3-5-15(11)19/h2-6,8,22H,7,9H2,1H3,(H,21,23). The van der Waals surface area contributed by atoms with Gasteiger partial charge in [-0.05, 0) is 24.6 Å². The molecule has 0 aliphatic heterocycles. The van der Waals surface area contributed by atoms with Crippen molar-refractivity contribution < 1.29 is 14.3 Å². The number of carbonyl (C=O) groups is 1. The highest BCUT2D eigenvalue weighted by molar-refractivity contribution is 6.31. The van der Waals surface area contributed by atoms with Gasteiger partial charge < -0.3 is 14.8 Å². The molecule has 3 rings (SSSR count). The van der Waals surface area contributed by atoms with Crippen LogP contribution in [0.1, 0.15) is 27.2 Å². The van der Waals surface area contributed by atoms with E-state index < -0.39 is 11.5 Å². The van der Waals surface area contributed by atoms with Gasteiger partial charge in [-0.15, -0.1) is 0 Å². The van der Waals surface area contributed by atoms with Crippen LogP contribution in [-0.4, -0.2) is 16.0 Å². The number of halogens is 1. The van der Waals surface area contributed by atoms with Gasteiger partial charge in [0.25, 0.3) is 5.91 Å². The fourth-order valence-electron chi connectivity index (χ4n) is 2.48. The molecule has 0 bridgehead atoms. The minimum atomic E-state index is -0.760.